The standard InChI is InChI=1S/C19H16ClFN2OS/c1-12-17(25-19(23-12)13-5-4-6-14(21)11-13)9-10-22-18(24)15-7-2-3-8-16(15)20/h2-8,11H,9-10H2,1H3,(H,22,24). The van der Waals surface area contributed by atoms with E-state index in [2.05, 4.69) is 10.3 Å². The van der Waals surface area contributed by atoms with Crippen molar-refractivity contribution in [3.05, 3.63) is 75.5 Å². The van der Waals surface area contributed by atoms with Gasteiger partial charge in [0.05, 0.1) is 16.3 Å². The Morgan fingerprint density at radius 3 is 2.80 bits per heavy atom. The summed E-state index contributed by atoms with van der Waals surface area (Å²) in [6, 6.07) is 13.3. The molecule has 3 aromatic rings. The Morgan fingerprint density at radius 2 is 2.04 bits per heavy atom. The highest BCUT2D eigenvalue weighted by Crippen LogP contribution is 2.28. The van der Waals surface area contributed by atoms with E-state index in [0.29, 0.717) is 23.6 Å². The molecule has 0 aliphatic heterocycles. The summed E-state index contributed by atoms with van der Waals surface area (Å²) in [5, 5.41) is 4.08. The minimum absolute atomic E-state index is 0.196. The van der Waals surface area contributed by atoms with Crippen molar-refractivity contribution in [1.29, 1.82) is 0 Å². The van der Waals surface area contributed by atoms with Crippen molar-refractivity contribution in [3.8, 4) is 10.6 Å². The number of nitrogens with zero attached hydrogens (tertiary/aromatic N) is 1. The number of aromatic nitrogens is 1. The molecule has 0 bridgehead atoms. The number of thiazole rings is 1. The van der Waals surface area contributed by atoms with E-state index < -0.39 is 0 Å². The summed E-state index contributed by atoms with van der Waals surface area (Å²) in [5.41, 5.74) is 2.13. The molecule has 0 unspecified atom stereocenters. The van der Waals surface area contributed by atoms with Crippen molar-refractivity contribution in [1.82, 2.24) is 10.3 Å². The van der Waals surface area contributed by atoms with E-state index in [0.717, 1.165) is 21.1 Å². The highest BCUT2D eigenvalue weighted by molar-refractivity contribution is 7.15. The van der Waals surface area contributed by atoms with Gasteiger partial charge in [0, 0.05) is 23.4 Å². The Bertz CT molecular complexity index is 910. The Labute approximate surface area is 154 Å². The second kappa shape index (κ2) is 7.76. The Hall–Kier alpha value is -2.24. The number of carbonyl (C=O) groups excluding carboxylic acids is 1. The smallest absolute Gasteiger partial charge is 0.252 e. The maximum absolute atomic E-state index is 13.4. The van der Waals surface area contributed by atoms with Crippen LogP contribution in [0.1, 0.15) is 20.9 Å². The topological polar surface area (TPSA) is 42.0 Å². The molecular weight excluding hydrogens is 359 g/mol. The first kappa shape index (κ1) is 17.6. The molecular formula is C19H16ClFN2OS. The number of carbonyl (C=O) groups is 1. The normalized spacial score (nSPS) is 10.7. The summed E-state index contributed by atoms with van der Waals surface area (Å²) in [7, 11) is 0. The van der Waals surface area contributed by atoms with Crippen molar-refractivity contribution < 1.29 is 9.18 Å². The molecule has 1 heterocycles. The van der Waals surface area contributed by atoms with Gasteiger partial charge in [-0.25, -0.2) is 9.37 Å². The van der Waals surface area contributed by atoms with Gasteiger partial charge in [0.2, 0.25) is 0 Å². The SMILES string of the molecule is Cc1nc(-c2cccc(F)c2)sc1CCNC(=O)c1ccccc1Cl. The van der Waals surface area contributed by atoms with Gasteiger partial charge in [0.25, 0.3) is 5.91 Å². The summed E-state index contributed by atoms with van der Waals surface area (Å²) in [6.45, 7) is 2.40. The minimum Gasteiger partial charge on any atom is -0.352 e. The second-order valence-corrected chi connectivity index (χ2v) is 7.01. The monoisotopic (exact) mass is 374 g/mol. The third-order valence-electron chi connectivity index (χ3n) is 3.72. The second-order valence-electron chi connectivity index (χ2n) is 5.52. The lowest BCUT2D eigenvalue weighted by atomic mass is 10.2. The van der Waals surface area contributed by atoms with E-state index >= 15 is 0 Å². The zero-order valence-corrected chi connectivity index (χ0v) is 15.1. The van der Waals surface area contributed by atoms with Crippen LogP contribution < -0.4 is 5.32 Å². The number of nitrogens with one attached hydrogen (secondary N) is 1. The van der Waals surface area contributed by atoms with Crippen LogP contribution in [-0.2, 0) is 6.42 Å². The number of rotatable bonds is 5. The zero-order chi connectivity index (χ0) is 17.8. The van der Waals surface area contributed by atoms with Gasteiger partial charge in [-0.2, -0.15) is 0 Å². The van der Waals surface area contributed by atoms with Gasteiger partial charge in [-0.15, -0.1) is 11.3 Å². The molecule has 2 aromatic carbocycles. The van der Waals surface area contributed by atoms with Crippen molar-refractivity contribution in [2.24, 2.45) is 0 Å². The van der Waals surface area contributed by atoms with Crippen molar-refractivity contribution in [2.75, 3.05) is 6.54 Å². The van der Waals surface area contributed by atoms with Gasteiger partial charge in [-0.05, 0) is 31.2 Å². The lowest BCUT2D eigenvalue weighted by Gasteiger charge is -2.06. The van der Waals surface area contributed by atoms with Crippen LogP contribution in [0.15, 0.2) is 48.5 Å². The van der Waals surface area contributed by atoms with Gasteiger partial charge in [-0.1, -0.05) is 35.9 Å². The molecule has 1 amide bonds. The molecule has 1 N–H and O–H groups in total. The lowest BCUT2D eigenvalue weighted by Crippen LogP contribution is -2.25. The molecule has 0 radical (unpaired) electrons. The summed E-state index contributed by atoms with van der Waals surface area (Å²) < 4.78 is 13.4. The third-order valence-corrected chi connectivity index (χ3v) is 5.32. The molecule has 0 aliphatic rings. The van der Waals surface area contributed by atoms with Crippen molar-refractivity contribution in [3.63, 3.8) is 0 Å². The van der Waals surface area contributed by atoms with E-state index in [1.165, 1.54) is 23.5 Å². The lowest BCUT2D eigenvalue weighted by molar-refractivity contribution is 0.0954. The average molecular weight is 375 g/mol. The van der Waals surface area contributed by atoms with Crippen LogP contribution in [0.2, 0.25) is 5.02 Å². The van der Waals surface area contributed by atoms with E-state index in [4.69, 9.17) is 11.6 Å². The summed E-state index contributed by atoms with van der Waals surface area (Å²) in [6.07, 6.45) is 0.662. The maximum atomic E-state index is 13.4. The molecule has 0 saturated carbocycles. The maximum Gasteiger partial charge on any atom is 0.252 e. The van der Waals surface area contributed by atoms with E-state index in [9.17, 15) is 9.18 Å². The molecule has 0 atom stereocenters. The molecule has 0 aliphatic carbocycles. The number of halogens is 2. The number of benzene rings is 2. The molecule has 6 heteroatoms. The van der Waals surface area contributed by atoms with Crippen molar-refractivity contribution >= 4 is 28.8 Å². The number of hydrogen-bond donors (Lipinski definition) is 1. The van der Waals surface area contributed by atoms with E-state index in [1.54, 1.807) is 30.3 Å². The summed E-state index contributed by atoms with van der Waals surface area (Å²) in [4.78, 5) is 17.7. The van der Waals surface area contributed by atoms with Gasteiger partial charge in [-0.3, -0.25) is 4.79 Å². The van der Waals surface area contributed by atoms with Crippen LogP contribution >= 0.6 is 22.9 Å². The highest BCUT2D eigenvalue weighted by Gasteiger charge is 2.12. The average Bonchev–Trinajstić information content (AvgIpc) is 2.96. The Kier molecular flexibility index (Phi) is 5.46. The van der Waals surface area contributed by atoms with Crippen LogP contribution in [0.3, 0.4) is 0 Å². The Morgan fingerprint density at radius 1 is 1.24 bits per heavy atom. The van der Waals surface area contributed by atoms with Crippen LogP contribution in [0.25, 0.3) is 10.6 Å². The first-order valence-corrected chi connectivity index (χ1v) is 8.99. The van der Waals surface area contributed by atoms with E-state index in [-0.39, 0.29) is 11.7 Å². The summed E-state index contributed by atoms with van der Waals surface area (Å²) in [5.74, 6) is -0.475. The molecule has 0 spiro atoms. The quantitative estimate of drug-likeness (QED) is 0.691. The fourth-order valence-electron chi connectivity index (χ4n) is 2.44. The number of aryl methyl sites for hydroxylation is 1. The first-order valence-electron chi connectivity index (χ1n) is 7.79. The first-order chi connectivity index (χ1) is 12.0. The minimum atomic E-state index is -0.279. The molecule has 25 heavy (non-hydrogen) atoms. The third kappa shape index (κ3) is 4.24. The Balaban J connectivity index is 1.64. The molecule has 0 saturated heterocycles. The molecule has 3 nitrogen and oxygen atoms in total. The molecule has 0 fully saturated rings. The molecule has 1 aromatic heterocycles. The highest BCUT2D eigenvalue weighted by atomic mass is 35.5. The zero-order valence-electron chi connectivity index (χ0n) is 13.6. The fraction of sp³-hybridized carbons (Fsp3) is 0.158. The summed E-state index contributed by atoms with van der Waals surface area (Å²) >= 11 is 7.54. The predicted octanol–water partition coefficient (Wildman–Crippen LogP) is 4.88. The number of hydrogen-bond acceptors (Lipinski definition) is 3. The van der Waals surface area contributed by atoms with E-state index in [1.807, 2.05) is 13.0 Å². The van der Waals surface area contributed by atoms with Crippen LogP contribution in [0, 0.1) is 12.7 Å². The van der Waals surface area contributed by atoms with Crippen molar-refractivity contribution in [2.45, 2.75) is 13.3 Å². The largest absolute Gasteiger partial charge is 0.352 e. The molecule has 128 valence electrons. The van der Waals surface area contributed by atoms with Gasteiger partial charge < -0.3 is 5.32 Å². The van der Waals surface area contributed by atoms with Crippen LogP contribution in [-0.4, -0.2) is 17.4 Å². The van der Waals surface area contributed by atoms with Crippen LogP contribution in [0.4, 0.5) is 4.39 Å². The van der Waals surface area contributed by atoms with Crippen LogP contribution in [0.5, 0.6) is 0 Å². The van der Waals surface area contributed by atoms with Gasteiger partial charge >= 0.3 is 0 Å². The van der Waals surface area contributed by atoms with Gasteiger partial charge in [0.15, 0.2) is 0 Å². The fourth-order valence-corrected chi connectivity index (χ4v) is 3.71. The predicted molar refractivity (Wildman–Crippen MR) is 99.7 cm³/mol. The molecule has 3 rings (SSSR count). The van der Waals surface area contributed by atoms with Gasteiger partial charge in [0.1, 0.15) is 10.8 Å². The number of amides is 1.